The molecule has 0 unspecified atom stereocenters. The van der Waals surface area contributed by atoms with E-state index in [-0.39, 0.29) is 0 Å². The van der Waals surface area contributed by atoms with Crippen LogP contribution in [0, 0.1) is 0 Å². The molecule has 188 valence electrons. The van der Waals surface area contributed by atoms with Gasteiger partial charge in [0.25, 0.3) is 0 Å². The van der Waals surface area contributed by atoms with E-state index in [1.807, 2.05) is 66.7 Å². The van der Waals surface area contributed by atoms with Crippen LogP contribution in [0.2, 0.25) is 5.02 Å². The fraction of sp³-hybridized carbons (Fsp3) is 0.138. The van der Waals surface area contributed by atoms with Gasteiger partial charge >= 0.3 is 0 Å². The average Bonchev–Trinajstić information content (AvgIpc) is 3.46. The third kappa shape index (κ3) is 4.86. The molecule has 0 amide bonds. The quantitative estimate of drug-likeness (QED) is 0.244. The zero-order valence-electron chi connectivity index (χ0n) is 20.6. The van der Waals surface area contributed by atoms with Crippen molar-refractivity contribution in [3.05, 3.63) is 95.3 Å². The number of pyridine rings is 1. The molecule has 0 saturated carbocycles. The SMILES string of the molecule is CNc1nccc(-c2cccnc2Oc2ccc(Nc3nnc(-c4ccc(Cl)cc4)c4c3CCC4)cc2)n1. The maximum Gasteiger partial charge on any atom is 0.228 e. The highest BCUT2D eigenvalue weighted by Crippen LogP contribution is 2.36. The zero-order chi connectivity index (χ0) is 25.9. The van der Waals surface area contributed by atoms with E-state index in [0.29, 0.717) is 22.6 Å². The maximum absolute atomic E-state index is 6.13. The van der Waals surface area contributed by atoms with Crippen molar-refractivity contribution in [3.8, 4) is 34.1 Å². The Bertz CT molecular complexity index is 1590. The number of ether oxygens (including phenoxy) is 1. The number of nitrogens with one attached hydrogen (secondary N) is 2. The summed E-state index contributed by atoms with van der Waals surface area (Å²) in [6, 6.07) is 21.1. The normalized spacial score (nSPS) is 12.2. The van der Waals surface area contributed by atoms with Crippen LogP contribution in [0.4, 0.5) is 17.5 Å². The Morgan fingerprint density at radius 3 is 2.47 bits per heavy atom. The number of rotatable bonds is 7. The minimum absolute atomic E-state index is 0.468. The highest BCUT2D eigenvalue weighted by Gasteiger charge is 2.22. The number of halogens is 1. The lowest BCUT2D eigenvalue weighted by Crippen LogP contribution is -2.03. The Labute approximate surface area is 225 Å². The van der Waals surface area contributed by atoms with Gasteiger partial charge in [-0.3, -0.25) is 0 Å². The molecule has 0 saturated heterocycles. The number of benzene rings is 2. The van der Waals surface area contributed by atoms with Crippen molar-refractivity contribution in [2.24, 2.45) is 0 Å². The minimum Gasteiger partial charge on any atom is -0.438 e. The second-order valence-corrected chi connectivity index (χ2v) is 9.27. The van der Waals surface area contributed by atoms with E-state index in [9.17, 15) is 0 Å². The van der Waals surface area contributed by atoms with Crippen molar-refractivity contribution in [1.82, 2.24) is 25.1 Å². The van der Waals surface area contributed by atoms with E-state index < -0.39 is 0 Å². The van der Waals surface area contributed by atoms with E-state index in [0.717, 1.165) is 53.3 Å². The first kappa shape index (κ1) is 23.8. The molecule has 8 nitrogen and oxygen atoms in total. The summed E-state index contributed by atoms with van der Waals surface area (Å²) >= 11 is 6.07. The molecule has 3 aromatic heterocycles. The van der Waals surface area contributed by atoms with Crippen molar-refractivity contribution in [3.63, 3.8) is 0 Å². The molecule has 2 aromatic carbocycles. The van der Waals surface area contributed by atoms with Crippen LogP contribution < -0.4 is 15.4 Å². The lowest BCUT2D eigenvalue weighted by molar-refractivity contribution is 0.465. The smallest absolute Gasteiger partial charge is 0.228 e. The summed E-state index contributed by atoms with van der Waals surface area (Å²) in [6.45, 7) is 0. The molecule has 2 N–H and O–H groups in total. The summed E-state index contributed by atoms with van der Waals surface area (Å²) in [6.07, 6.45) is 6.43. The van der Waals surface area contributed by atoms with Crippen LogP contribution in [0.25, 0.3) is 22.5 Å². The Morgan fingerprint density at radius 1 is 0.842 bits per heavy atom. The fourth-order valence-electron chi connectivity index (χ4n) is 4.58. The zero-order valence-corrected chi connectivity index (χ0v) is 21.4. The number of hydrogen-bond acceptors (Lipinski definition) is 8. The molecule has 9 heteroatoms. The molecule has 1 aliphatic carbocycles. The lowest BCUT2D eigenvalue weighted by atomic mass is 10.0. The Hall–Kier alpha value is -4.56. The largest absolute Gasteiger partial charge is 0.438 e. The maximum atomic E-state index is 6.13. The average molecular weight is 522 g/mol. The van der Waals surface area contributed by atoms with Crippen molar-refractivity contribution in [1.29, 1.82) is 0 Å². The van der Waals surface area contributed by atoms with Crippen molar-refractivity contribution >= 4 is 29.1 Å². The number of nitrogens with zero attached hydrogens (tertiary/aromatic N) is 5. The topological polar surface area (TPSA) is 97.7 Å². The van der Waals surface area contributed by atoms with Crippen molar-refractivity contribution in [2.45, 2.75) is 19.3 Å². The van der Waals surface area contributed by atoms with Crippen LogP contribution in [0.15, 0.2) is 79.1 Å². The lowest BCUT2D eigenvalue weighted by Gasteiger charge is -2.14. The second kappa shape index (κ2) is 10.4. The molecule has 0 atom stereocenters. The summed E-state index contributed by atoms with van der Waals surface area (Å²) in [5, 5.41) is 16.2. The van der Waals surface area contributed by atoms with Gasteiger partial charge in [-0.15, -0.1) is 10.2 Å². The molecule has 5 aromatic rings. The Morgan fingerprint density at radius 2 is 1.66 bits per heavy atom. The molecule has 0 radical (unpaired) electrons. The van der Waals surface area contributed by atoms with Gasteiger partial charge in [0.05, 0.1) is 17.0 Å². The Balaban J connectivity index is 1.22. The third-order valence-electron chi connectivity index (χ3n) is 6.42. The molecular weight excluding hydrogens is 498 g/mol. The van der Waals surface area contributed by atoms with E-state index in [1.54, 1.807) is 19.4 Å². The highest BCUT2D eigenvalue weighted by atomic mass is 35.5. The summed E-state index contributed by atoms with van der Waals surface area (Å²) in [4.78, 5) is 13.1. The molecule has 0 spiro atoms. The van der Waals surface area contributed by atoms with Gasteiger partial charge in [-0.2, -0.15) is 0 Å². The highest BCUT2D eigenvalue weighted by molar-refractivity contribution is 6.30. The third-order valence-corrected chi connectivity index (χ3v) is 6.67. The first-order valence-electron chi connectivity index (χ1n) is 12.3. The van der Waals surface area contributed by atoms with Gasteiger partial charge in [0, 0.05) is 41.3 Å². The molecule has 6 rings (SSSR count). The molecule has 0 bridgehead atoms. The van der Waals surface area contributed by atoms with Crippen LogP contribution in [0.5, 0.6) is 11.6 Å². The monoisotopic (exact) mass is 521 g/mol. The van der Waals surface area contributed by atoms with Gasteiger partial charge < -0.3 is 15.4 Å². The molecule has 3 heterocycles. The van der Waals surface area contributed by atoms with E-state index >= 15 is 0 Å². The first-order chi connectivity index (χ1) is 18.7. The molecule has 38 heavy (non-hydrogen) atoms. The molecular formula is C29H24ClN7O. The van der Waals surface area contributed by atoms with Crippen LogP contribution in [-0.4, -0.2) is 32.2 Å². The molecule has 1 aliphatic rings. The van der Waals surface area contributed by atoms with Crippen molar-refractivity contribution in [2.75, 3.05) is 17.7 Å². The molecule has 0 fully saturated rings. The van der Waals surface area contributed by atoms with Gasteiger partial charge in [-0.25, -0.2) is 15.0 Å². The minimum atomic E-state index is 0.468. The van der Waals surface area contributed by atoms with Gasteiger partial charge in [-0.1, -0.05) is 23.7 Å². The van der Waals surface area contributed by atoms with Crippen LogP contribution in [-0.2, 0) is 12.8 Å². The van der Waals surface area contributed by atoms with E-state index in [4.69, 9.17) is 16.3 Å². The fourth-order valence-corrected chi connectivity index (χ4v) is 4.70. The predicted molar refractivity (Wildman–Crippen MR) is 149 cm³/mol. The predicted octanol–water partition coefficient (Wildman–Crippen LogP) is 6.72. The summed E-state index contributed by atoms with van der Waals surface area (Å²) in [5.74, 6) is 2.45. The Kier molecular flexibility index (Phi) is 6.54. The van der Waals surface area contributed by atoms with Crippen molar-refractivity contribution < 1.29 is 4.74 Å². The van der Waals surface area contributed by atoms with Gasteiger partial charge in [0.15, 0.2) is 5.82 Å². The number of aromatic nitrogens is 5. The summed E-state index contributed by atoms with van der Waals surface area (Å²) < 4.78 is 6.13. The first-order valence-corrected chi connectivity index (χ1v) is 12.7. The number of anilines is 3. The van der Waals surface area contributed by atoms with Crippen LogP contribution >= 0.6 is 11.6 Å². The summed E-state index contributed by atoms with van der Waals surface area (Å²) in [5.41, 5.74) is 6.83. The number of fused-ring (bicyclic) bond motifs is 1. The van der Waals surface area contributed by atoms with Gasteiger partial charge in [0.2, 0.25) is 11.8 Å². The summed E-state index contributed by atoms with van der Waals surface area (Å²) in [7, 11) is 1.78. The van der Waals surface area contributed by atoms with E-state index in [1.165, 1.54) is 11.1 Å². The van der Waals surface area contributed by atoms with Crippen LogP contribution in [0.3, 0.4) is 0 Å². The van der Waals surface area contributed by atoms with Gasteiger partial charge in [0.1, 0.15) is 5.75 Å². The van der Waals surface area contributed by atoms with Crippen LogP contribution in [0.1, 0.15) is 17.5 Å². The number of hydrogen-bond donors (Lipinski definition) is 2. The molecule has 0 aliphatic heterocycles. The van der Waals surface area contributed by atoms with Gasteiger partial charge in [-0.05, 0) is 79.4 Å². The second-order valence-electron chi connectivity index (χ2n) is 8.84. The standard InChI is InChI=1S/C29H24ClN7O/c1-31-29-33-17-15-25(35-29)24-6-3-16-32-28(24)38-21-13-11-20(12-14-21)34-27-23-5-2-4-22(23)26(36-37-27)18-7-9-19(30)10-8-18/h3,6-17H,2,4-5H2,1H3,(H,34,37)(H,31,33,35). The van der Waals surface area contributed by atoms with E-state index in [2.05, 4.69) is 35.8 Å².